The maximum Gasteiger partial charge on any atom is 0.241 e. The van der Waals surface area contributed by atoms with Crippen molar-refractivity contribution in [3.63, 3.8) is 0 Å². The highest BCUT2D eigenvalue weighted by Crippen LogP contribution is 2.24. The molecule has 0 radical (unpaired) electrons. The van der Waals surface area contributed by atoms with Gasteiger partial charge in [0.25, 0.3) is 0 Å². The van der Waals surface area contributed by atoms with Gasteiger partial charge in [0, 0.05) is 47.9 Å². The third-order valence-electron chi connectivity index (χ3n) is 4.61. The van der Waals surface area contributed by atoms with E-state index in [2.05, 4.69) is 19.7 Å². The van der Waals surface area contributed by atoms with Crippen molar-refractivity contribution in [1.29, 1.82) is 0 Å². The normalized spacial score (nSPS) is 11.8. The van der Waals surface area contributed by atoms with Crippen molar-refractivity contribution in [2.75, 3.05) is 6.54 Å². The first-order valence-electron chi connectivity index (χ1n) is 9.23. The second-order valence-corrected chi connectivity index (χ2v) is 9.32. The number of pyridine rings is 2. The van der Waals surface area contributed by atoms with E-state index in [1.54, 1.807) is 54.2 Å². The molecule has 0 aliphatic carbocycles. The highest BCUT2D eigenvalue weighted by molar-refractivity contribution is 7.89. The van der Waals surface area contributed by atoms with E-state index in [9.17, 15) is 8.42 Å². The molecule has 1 N–H and O–H groups in total. The zero-order valence-electron chi connectivity index (χ0n) is 15.9. The summed E-state index contributed by atoms with van der Waals surface area (Å²) in [5.74, 6) is 0. The molecule has 0 aliphatic heterocycles. The smallest absolute Gasteiger partial charge is 0.241 e. The quantitative estimate of drug-likeness (QED) is 0.454. The Hall–Kier alpha value is -2.68. The number of nitrogens with one attached hydrogen (secondary N) is 1. The molecule has 1 aromatic carbocycles. The fourth-order valence-electron chi connectivity index (χ4n) is 3.13. The van der Waals surface area contributed by atoms with E-state index in [1.807, 2.05) is 24.4 Å². The van der Waals surface area contributed by atoms with Crippen LogP contribution in [-0.2, 0) is 16.4 Å². The van der Waals surface area contributed by atoms with Gasteiger partial charge in [-0.2, -0.15) is 0 Å². The Labute approximate surface area is 173 Å². The van der Waals surface area contributed by atoms with Gasteiger partial charge in [-0.05, 0) is 49.2 Å². The lowest BCUT2D eigenvalue weighted by atomic mass is 10.1. The second-order valence-electron chi connectivity index (χ2n) is 6.64. The van der Waals surface area contributed by atoms with Crippen LogP contribution in [0.4, 0.5) is 0 Å². The third kappa shape index (κ3) is 4.34. The number of hydrogen-bond donors (Lipinski definition) is 1. The zero-order chi connectivity index (χ0) is 20.3. The Balaban J connectivity index is 1.40. The van der Waals surface area contributed by atoms with Crippen molar-refractivity contribution in [1.82, 2.24) is 19.7 Å². The number of rotatable bonds is 7. The molecule has 0 unspecified atom stereocenters. The van der Waals surface area contributed by atoms with Gasteiger partial charge >= 0.3 is 0 Å². The van der Waals surface area contributed by atoms with Gasteiger partial charge in [0.1, 0.15) is 0 Å². The van der Waals surface area contributed by atoms with Crippen LogP contribution in [0.1, 0.15) is 17.0 Å². The number of nitrogens with zero attached hydrogens (tertiary/aromatic N) is 3. The van der Waals surface area contributed by atoms with Crippen molar-refractivity contribution in [3.8, 4) is 11.3 Å². The summed E-state index contributed by atoms with van der Waals surface area (Å²) in [5, 5.41) is 3.64. The maximum absolute atomic E-state index is 12.8. The molecule has 4 rings (SSSR count). The van der Waals surface area contributed by atoms with Crippen molar-refractivity contribution < 1.29 is 8.42 Å². The molecule has 3 heterocycles. The molecule has 0 bridgehead atoms. The molecule has 148 valence electrons. The van der Waals surface area contributed by atoms with E-state index in [0.29, 0.717) is 30.3 Å². The van der Waals surface area contributed by atoms with Crippen LogP contribution in [0, 0.1) is 6.92 Å². The fraction of sp³-hybridized carbons (Fsp3) is 0.190. The number of sulfonamides is 1. The highest BCUT2D eigenvalue weighted by Gasteiger charge is 2.18. The van der Waals surface area contributed by atoms with Crippen LogP contribution >= 0.6 is 11.3 Å². The molecular weight excluding hydrogens is 404 g/mol. The number of benzene rings is 1. The van der Waals surface area contributed by atoms with E-state index in [-0.39, 0.29) is 4.90 Å². The highest BCUT2D eigenvalue weighted by atomic mass is 32.2. The van der Waals surface area contributed by atoms with Gasteiger partial charge < -0.3 is 0 Å². The SMILES string of the molecule is Cc1ccc(S(=O)(=O)NCCCc2nc(-c3ccncc3)cs2)c2cccnc12. The molecule has 8 heteroatoms. The van der Waals surface area contributed by atoms with Gasteiger partial charge in [-0.15, -0.1) is 11.3 Å². The van der Waals surface area contributed by atoms with Gasteiger partial charge in [-0.1, -0.05) is 6.07 Å². The van der Waals surface area contributed by atoms with Crippen LogP contribution in [0.15, 0.2) is 65.3 Å². The predicted molar refractivity (Wildman–Crippen MR) is 115 cm³/mol. The third-order valence-corrected chi connectivity index (χ3v) is 7.04. The Bertz CT molecular complexity index is 1240. The number of hydrogen-bond acceptors (Lipinski definition) is 6. The number of aromatic nitrogens is 3. The first kappa shape index (κ1) is 19.6. The van der Waals surface area contributed by atoms with Gasteiger partial charge in [0.15, 0.2) is 0 Å². The predicted octanol–water partition coefficient (Wildman–Crippen LogP) is 3.97. The lowest BCUT2D eigenvalue weighted by molar-refractivity contribution is 0.580. The van der Waals surface area contributed by atoms with Crippen molar-refractivity contribution in [2.24, 2.45) is 0 Å². The van der Waals surface area contributed by atoms with Crippen LogP contribution in [0.5, 0.6) is 0 Å². The minimum atomic E-state index is -3.61. The summed E-state index contributed by atoms with van der Waals surface area (Å²) in [6, 6.07) is 10.8. The van der Waals surface area contributed by atoms with Gasteiger partial charge in [0.2, 0.25) is 10.0 Å². The van der Waals surface area contributed by atoms with E-state index in [0.717, 1.165) is 21.8 Å². The standard InChI is InChI=1S/C21H20N4O2S2/c1-15-6-7-19(17-4-2-10-23-21(15)17)29(26,27)24-11-3-5-20-25-18(14-28-20)16-8-12-22-13-9-16/h2,4,6-10,12-14,24H,3,5,11H2,1H3. The van der Waals surface area contributed by atoms with E-state index >= 15 is 0 Å². The molecule has 0 spiro atoms. The molecule has 29 heavy (non-hydrogen) atoms. The van der Waals surface area contributed by atoms with Crippen LogP contribution in [0.2, 0.25) is 0 Å². The first-order valence-corrected chi connectivity index (χ1v) is 11.6. The Kier molecular flexibility index (Phi) is 5.66. The summed E-state index contributed by atoms with van der Waals surface area (Å²) in [6.45, 7) is 2.27. The molecule has 0 fully saturated rings. The van der Waals surface area contributed by atoms with E-state index in [4.69, 9.17) is 0 Å². The molecule has 0 saturated heterocycles. The van der Waals surface area contributed by atoms with E-state index in [1.165, 1.54) is 0 Å². The Morgan fingerprint density at radius 3 is 2.72 bits per heavy atom. The lowest BCUT2D eigenvalue weighted by Crippen LogP contribution is -2.25. The summed E-state index contributed by atoms with van der Waals surface area (Å²) in [6.07, 6.45) is 6.55. The minimum Gasteiger partial charge on any atom is -0.265 e. The van der Waals surface area contributed by atoms with Crippen molar-refractivity contribution >= 4 is 32.3 Å². The van der Waals surface area contributed by atoms with Crippen LogP contribution in [-0.4, -0.2) is 29.9 Å². The molecule has 0 aliphatic rings. The van der Waals surface area contributed by atoms with Crippen LogP contribution in [0.3, 0.4) is 0 Å². The van der Waals surface area contributed by atoms with Crippen LogP contribution < -0.4 is 4.72 Å². The number of fused-ring (bicyclic) bond motifs is 1. The van der Waals surface area contributed by atoms with Gasteiger partial charge in [-0.3, -0.25) is 9.97 Å². The number of aryl methyl sites for hydroxylation is 2. The van der Waals surface area contributed by atoms with Crippen molar-refractivity contribution in [3.05, 3.63) is 70.9 Å². The monoisotopic (exact) mass is 424 g/mol. The summed E-state index contributed by atoms with van der Waals surface area (Å²) >= 11 is 1.59. The molecule has 0 amide bonds. The number of thiazole rings is 1. The average molecular weight is 425 g/mol. The summed E-state index contributed by atoms with van der Waals surface area (Å²) < 4.78 is 28.3. The second kappa shape index (κ2) is 8.36. The molecule has 0 saturated carbocycles. The van der Waals surface area contributed by atoms with Gasteiger partial charge in [-0.25, -0.2) is 18.1 Å². The lowest BCUT2D eigenvalue weighted by Gasteiger charge is -2.10. The fourth-order valence-corrected chi connectivity index (χ4v) is 5.25. The van der Waals surface area contributed by atoms with Crippen molar-refractivity contribution in [2.45, 2.75) is 24.7 Å². The van der Waals surface area contributed by atoms with E-state index < -0.39 is 10.0 Å². The molecule has 3 aromatic heterocycles. The molecule has 0 atom stereocenters. The maximum atomic E-state index is 12.8. The topological polar surface area (TPSA) is 84.8 Å². The molecular formula is C21H20N4O2S2. The van der Waals surface area contributed by atoms with Crippen LogP contribution in [0.25, 0.3) is 22.2 Å². The average Bonchev–Trinajstić information content (AvgIpc) is 3.21. The first-order chi connectivity index (χ1) is 14.0. The minimum absolute atomic E-state index is 0.264. The largest absolute Gasteiger partial charge is 0.265 e. The Morgan fingerprint density at radius 2 is 1.90 bits per heavy atom. The molecule has 6 nitrogen and oxygen atoms in total. The summed E-state index contributed by atoms with van der Waals surface area (Å²) in [7, 11) is -3.61. The molecule has 4 aromatic rings. The Morgan fingerprint density at radius 1 is 1.07 bits per heavy atom. The summed E-state index contributed by atoms with van der Waals surface area (Å²) in [4.78, 5) is 13.2. The van der Waals surface area contributed by atoms with Gasteiger partial charge in [0.05, 0.1) is 21.1 Å². The summed E-state index contributed by atoms with van der Waals surface area (Å²) in [5.41, 5.74) is 3.62. The zero-order valence-corrected chi connectivity index (χ0v) is 17.5.